The van der Waals surface area contributed by atoms with E-state index >= 15 is 0 Å². The average Bonchev–Trinajstić information content (AvgIpc) is 2.59. The van der Waals surface area contributed by atoms with E-state index in [-0.39, 0.29) is 6.54 Å². The molecule has 28 heavy (non-hydrogen) atoms. The normalized spacial score (nSPS) is 14.4. The van der Waals surface area contributed by atoms with Crippen LogP contribution in [0.2, 0.25) is 0 Å². The van der Waals surface area contributed by atoms with Crippen molar-refractivity contribution in [1.29, 1.82) is 0 Å². The van der Waals surface area contributed by atoms with Crippen molar-refractivity contribution in [3.05, 3.63) is 35.4 Å². The van der Waals surface area contributed by atoms with Crippen LogP contribution in [0.1, 0.15) is 51.2 Å². The van der Waals surface area contributed by atoms with Gasteiger partial charge in [-0.3, -0.25) is 0 Å². The largest absolute Gasteiger partial charge is 0.238 e. The van der Waals surface area contributed by atoms with Gasteiger partial charge in [-0.2, -0.15) is 0 Å². The molecule has 9 heteroatoms. The lowest BCUT2D eigenvalue weighted by molar-refractivity contribution is 0.196. The molecule has 0 amide bonds. The van der Waals surface area contributed by atoms with E-state index in [0.717, 1.165) is 18.2 Å². The highest BCUT2D eigenvalue weighted by Crippen LogP contribution is 2.25. The van der Waals surface area contributed by atoms with Crippen LogP contribution in [-0.4, -0.2) is 41.4 Å². The Morgan fingerprint density at radius 2 is 1.68 bits per heavy atom. The van der Waals surface area contributed by atoms with Crippen molar-refractivity contribution in [1.82, 2.24) is 9.44 Å². The Bertz CT molecular complexity index is 897. The quantitative estimate of drug-likeness (QED) is 0.438. The first-order chi connectivity index (χ1) is 12.8. The zero-order valence-corrected chi connectivity index (χ0v) is 18.4. The van der Waals surface area contributed by atoms with Crippen molar-refractivity contribution < 1.29 is 21.2 Å². The Morgan fingerprint density at radius 1 is 1.07 bits per heavy atom. The third-order valence-electron chi connectivity index (χ3n) is 4.04. The molecule has 1 aromatic rings. The van der Waals surface area contributed by atoms with Crippen LogP contribution in [0.15, 0.2) is 24.3 Å². The van der Waals surface area contributed by atoms with Gasteiger partial charge in [0, 0.05) is 25.1 Å². The lowest BCUT2D eigenvalue weighted by atomic mass is 9.97. The molecule has 0 spiro atoms. The molecule has 0 saturated carbocycles. The number of benzene rings is 1. The smallest absolute Gasteiger partial charge is 0.214 e. The van der Waals surface area contributed by atoms with Gasteiger partial charge >= 0.3 is 0 Å². The summed E-state index contributed by atoms with van der Waals surface area (Å²) in [4.78, 5) is 0. The molecule has 0 bridgehead atoms. The van der Waals surface area contributed by atoms with Crippen LogP contribution in [0, 0.1) is 11.8 Å². The van der Waals surface area contributed by atoms with E-state index in [1.54, 1.807) is 24.3 Å². The first-order valence-corrected chi connectivity index (χ1v) is 12.5. The minimum atomic E-state index is -3.53. The summed E-state index contributed by atoms with van der Waals surface area (Å²) in [5, 5.41) is -0.622. The summed E-state index contributed by atoms with van der Waals surface area (Å²) >= 11 is 0. The predicted octanol–water partition coefficient (Wildman–Crippen LogP) is 2.27. The topological polar surface area (TPSA) is 92.3 Å². The fourth-order valence-electron chi connectivity index (χ4n) is 2.17. The maximum Gasteiger partial charge on any atom is 0.214 e. The second-order valence-corrected chi connectivity index (χ2v) is 11.3. The number of hydrogen-bond donors (Lipinski definition) is 2. The fraction of sp³-hybridized carbons (Fsp3) is 0.579. The molecule has 2 N–H and O–H groups in total. The highest BCUT2D eigenvalue weighted by molar-refractivity contribution is 7.90. The van der Waals surface area contributed by atoms with E-state index < -0.39 is 31.0 Å². The van der Waals surface area contributed by atoms with E-state index in [1.165, 1.54) is 20.8 Å². The fourth-order valence-corrected chi connectivity index (χ4v) is 3.49. The summed E-state index contributed by atoms with van der Waals surface area (Å²) < 4.78 is 65.0. The number of halogens is 1. The maximum absolute atomic E-state index is 14.8. The third kappa shape index (κ3) is 9.15. The Balaban J connectivity index is 2.55. The summed E-state index contributed by atoms with van der Waals surface area (Å²) in [6.45, 7) is 4.47. The Morgan fingerprint density at radius 3 is 2.21 bits per heavy atom. The van der Waals surface area contributed by atoms with Gasteiger partial charge in [0.25, 0.3) is 0 Å². The Hall–Kier alpha value is -1.47. The second kappa shape index (κ2) is 10.3. The SMILES string of the molecule is CC(C)S(=O)(=O)NCC(C)(F)c1ccc(C#CCCCCNS(C)(=O)=O)cc1. The molecular weight excluding hydrogens is 403 g/mol. The molecule has 1 rings (SSSR count). The molecule has 1 unspecified atom stereocenters. The van der Waals surface area contributed by atoms with Crippen molar-refractivity contribution in [3.8, 4) is 11.8 Å². The summed E-state index contributed by atoms with van der Waals surface area (Å²) in [5.74, 6) is 5.98. The predicted molar refractivity (Wildman–Crippen MR) is 111 cm³/mol. The minimum Gasteiger partial charge on any atom is -0.238 e. The van der Waals surface area contributed by atoms with Crippen molar-refractivity contribution in [2.24, 2.45) is 0 Å². The van der Waals surface area contributed by atoms with Crippen LogP contribution < -0.4 is 9.44 Å². The van der Waals surface area contributed by atoms with Gasteiger partial charge in [0.2, 0.25) is 20.0 Å². The third-order valence-corrected chi connectivity index (χ3v) is 6.55. The van der Waals surface area contributed by atoms with Crippen LogP contribution in [-0.2, 0) is 25.7 Å². The van der Waals surface area contributed by atoms with Crippen LogP contribution in [0.3, 0.4) is 0 Å². The van der Waals surface area contributed by atoms with Gasteiger partial charge in [-0.15, -0.1) is 0 Å². The van der Waals surface area contributed by atoms with E-state index in [2.05, 4.69) is 21.3 Å². The van der Waals surface area contributed by atoms with Gasteiger partial charge < -0.3 is 0 Å². The lowest BCUT2D eigenvalue weighted by Crippen LogP contribution is -2.39. The van der Waals surface area contributed by atoms with E-state index in [1.807, 2.05) is 0 Å². The first kappa shape index (κ1) is 24.6. The Labute approximate surface area is 168 Å². The lowest BCUT2D eigenvalue weighted by Gasteiger charge is -2.22. The zero-order chi connectivity index (χ0) is 21.4. The molecule has 0 aromatic heterocycles. The summed E-state index contributed by atoms with van der Waals surface area (Å²) in [6.07, 6.45) is 3.22. The molecule has 158 valence electrons. The molecule has 6 nitrogen and oxygen atoms in total. The number of sulfonamides is 2. The summed E-state index contributed by atoms with van der Waals surface area (Å²) in [6, 6.07) is 6.60. The van der Waals surface area contributed by atoms with Crippen LogP contribution in [0.25, 0.3) is 0 Å². The average molecular weight is 433 g/mol. The van der Waals surface area contributed by atoms with Gasteiger partial charge in [0.1, 0.15) is 5.67 Å². The summed E-state index contributed by atoms with van der Waals surface area (Å²) in [5.41, 5.74) is -0.728. The number of alkyl halides is 1. The molecule has 0 aliphatic rings. The molecule has 0 radical (unpaired) electrons. The Kier molecular flexibility index (Phi) is 9.08. The summed E-state index contributed by atoms with van der Waals surface area (Å²) in [7, 11) is -6.68. The van der Waals surface area contributed by atoms with Crippen molar-refractivity contribution in [3.63, 3.8) is 0 Å². The maximum atomic E-state index is 14.8. The van der Waals surface area contributed by atoms with Crippen molar-refractivity contribution in [2.45, 2.75) is 51.0 Å². The number of rotatable bonds is 10. The van der Waals surface area contributed by atoms with Gasteiger partial charge in [-0.25, -0.2) is 30.7 Å². The molecule has 1 aromatic carbocycles. The minimum absolute atomic E-state index is 0.333. The van der Waals surface area contributed by atoms with E-state index in [0.29, 0.717) is 24.9 Å². The van der Waals surface area contributed by atoms with Gasteiger partial charge in [0.15, 0.2) is 0 Å². The highest BCUT2D eigenvalue weighted by Gasteiger charge is 2.28. The molecule has 0 aliphatic carbocycles. The van der Waals surface area contributed by atoms with E-state index in [4.69, 9.17) is 0 Å². The van der Waals surface area contributed by atoms with E-state index in [9.17, 15) is 21.2 Å². The van der Waals surface area contributed by atoms with Gasteiger partial charge in [0.05, 0.1) is 11.5 Å². The van der Waals surface area contributed by atoms with Crippen LogP contribution in [0.5, 0.6) is 0 Å². The zero-order valence-electron chi connectivity index (χ0n) is 16.7. The standard InChI is InChI=1S/C19H29FN2O4S2/c1-16(2)28(25,26)22-15-19(3,20)18-12-10-17(11-13-18)9-7-5-6-8-14-21-27(4,23)24/h10-13,16,21-22H,5-6,8,14-15H2,1-4H3. The van der Waals surface area contributed by atoms with Crippen molar-refractivity contribution >= 4 is 20.0 Å². The highest BCUT2D eigenvalue weighted by atomic mass is 32.2. The molecular formula is C19H29FN2O4S2. The molecule has 1 atom stereocenters. The number of hydrogen-bond acceptors (Lipinski definition) is 4. The molecule has 0 aliphatic heterocycles. The van der Waals surface area contributed by atoms with Crippen molar-refractivity contribution in [2.75, 3.05) is 19.3 Å². The second-order valence-electron chi connectivity index (χ2n) is 7.12. The van der Waals surface area contributed by atoms with Gasteiger partial charge in [-0.1, -0.05) is 24.0 Å². The number of unbranched alkanes of at least 4 members (excludes halogenated alkanes) is 2. The molecule has 0 heterocycles. The first-order valence-electron chi connectivity index (χ1n) is 9.05. The molecule has 0 saturated heterocycles. The van der Waals surface area contributed by atoms with Gasteiger partial charge in [-0.05, 0) is 51.3 Å². The number of nitrogens with one attached hydrogen (secondary N) is 2. The van der Waals surface area contributed by atoms with Crippen LogP contribution >= 0.6 is 0 Å². The van der Waals surface area contributed by atoms with Crippen LogP contribution in [0.4, 0.5) is 4.39 Å². The molecule has 0 fully saturated rings. The monoisotopic (exact) mass is 432 g/mol.